The summed E-state index contributed by atoms with van der Waals surface area (Å²) in [5, 5.41) is 6.69. The zero-order chi connectivity index (χ0) is 10.3. The molecule has 14 heavy (non-hydrogen) atoms. The summed E-state index contributed by atoms with van der Waals surface area (Å²) in [6, 6.07) is 0. The summed E-state index contributed by atoms with van der Waals surface area (Å²) in [5.74, 6) is 0. The number of ether oxygens (including phenoxy) is 1. The van der Waals surface area contributed by atoms with Gasteiger partial charge in [0, 0.05) is 19.8 Å². The lowest BCUT2D eigenvalue weighted by atomic mass is 9.82. The number of hydrogen-bond acceptors (Lipinski definition) is 3. The minimum Gasteiger partial charge on any atom is -0.381 e. The maximum Gasteiger partial charge on any atom is 0.0471 e. The normalized spacial score (nSPS) is 21.0. The van der Waals surface area contributed by atoms with Crippen LogP contribution in [-0.2, 0) is 4.74 Å². The Balaban J connectivity index is 2.03. The van der Waals surface area contributed by atoms with Crippen LogP contribution in [0, 0.1) is 5.41 Å². The van der Waals surface area contributed by atoms with Crippen LogP contribution in [0.25, 0.3) is 0 Å². The van der Waals surface area contributed by atoms with Gasteiger partial charge in [0.2, 0.25) is 0 Å². The molecule has 0 aromatic rings. The average molecular weight is 200 g/mol. The molecule has 1 heterocycles. The first-order valence-electron chi connectivity index (χ1n) is 5.70. The highest BCUT2D eigenvalue weighted by molar-refractivity contribution is 4.79. The summed E-state index contributed by atoms with van der Waals surface area (Å²) in [6.45, 7) is 7.61. The third-order valence-electron chi connectivity index (χ3n) is 3.03. The summed E-state index contributed by atoms with van der Waals surface area (Å²) < 4.78 is 5.37. The Kier molecular flexibility index (Phi) is 5.45. The van der Waals surface area contributed by atoms with Gasteiger partial charge in [-0.3, -0.25) is 0 Å². The van der Waals surface area contributed by atoms with E-state index in [-0.39, 0.29) is 0 Å². The molecule has 0 aromatic carbocycles. The van der Waals surface area contributed by atoms with Gasteiger partial charge in [-0.15, -0.1) is 0 Å². The van der Waals surface area contributed by atoms with Gasteiger partial charge in [-0.1, -0.05) is 6.92 Å². The molecule has 3 nitrogen and oxygen atoms in total. The van der Waals surface area contributed by atoms with Gasteiger partial charge in [-0.25, -0.2) is 0 Å². The van der Waals surface area contributed by atoms with Gasteiger partial charge in [-0.2, -0.15) is 0 Å². The molecule has 1 fully saturated rings. The van der Waals surface area contributed by atoms with Crippen molar-refractivity contribution in [2.45, 2.75) is 26.2 Å². The fourth-order valence-corrected chi connectivity index (χ4v) is 1.82. The Hall–Kier alpha value is -0.120. The van der Waals surface area contributed by atoms with E-state index in [9.17, 15) is 0 Å². The molecule has 0 unspecified atom stereocenters. The van der Waals surface area contributed by atoms with Crippen molar-refractivity contribution in [3.05, 3.63) is 0 Å². The van der Waals surface area contributed by atoms with E-state index in [1.54, 1.807) is 0 Å². The monoisotopic (exact) mass is 200 g/mol. The van der Waals surface area contributed by atoms with Crippen LogP contribution in [0.2, 0.25) is 0 Å². The zero-order valence-electron chi connectivity index (χ0n) is 9.57. The van der Waals surface area contributed by atoms with Gasteiger partial charge in [0.15, 0.2) is 0 Å². The third kappa shape index (κ3) is 4.40. The van der Waals surface area contributed by atoms with Crippen molar-refractivity contribution >= 4 is 0 Å². The molecule has 1 aliphatic heterocycles. The first kappa shape index (κ1) is 12.0. The number of rotatable bonds is 6. The average Bonchev–Trinajstić information content (AvgIpc) is 2.18. The summed E-state index contributed by atoms with van der Waals surface area (Å²) >= 11 is 0. The van der Waals surface area contributed by atoms with Crippen molar-refractivity contribution in [1.29, 1.82) is 0 Å². The van der Waals surface area contributed by atoms with Crippen LogP contribution in [0.15, 0.2) is 0 Å². The lowest BCUT2D eigenvalue weighted by Gasteiger charge is -2.33. The first-order valence-corrected chi connectivity index (χ1v) is 5.70. The smallest absolute Gasteiger partial charge is 0.0471 e. The van der Waals surface area contributed by atoms with Crippen molar-refractivity contribution in [2.24, 2.45) is 5.41 Å². The van der Waals surface area contributed by atoms with Crippen molar-refractivity contribution in [3.8, 4) is 0 Å². The molecule has 0 radical (unpaired) electrons. The van der Waals surface area contributed by atoms with Gasteiger partial charge in [0.25, 0.3) is 0 Å². The molecular formula is C11H24N2O. The predicted molar refractivity (Wildman–Crippen MR) is 59.6 cm³/mol. The largest absolute Gasteiger partial charge is 0.381 e. The first-order chi connectivity index (χ1) is 6.77. The highest BCUT2D eigenvalue weighted by Crippen LogP contribution is 2.28. The molecule has 3 heteroatoms. The molecular weight excluding hydrogens is 176 g/mol. The SMILES string of the molecule is CNCCCNCC1(C)CCOCC1. The summed E-state index contributed by atoms with van der Waals surface area (Å²) in [5.41, 5.74) is 0.470. The van der Waals surface area contributed by atoms with Crippen molar-refractivity contribution in [3.63, 3.8) is 0 Å². The van der Waals surface area contributed by atoms with Crippen molar-refractivity contribution in [1.82, 2.24) is 10.6 Å². The van der Waals surface area contributed by atoms with E-state index in [2.05, 4.69) is 17.6 Å². The fourth-order valence-electron chi connectivity index (χ4n) is 1.82. The number of hydrogen-bond donors (Lipinski definition) is 2. The maximum atomic E-state index is 5.37. The Morgan fingerprint density at radius 3 is 2.57 bits per heavy atom. The van der Waals surface area contributed by atoms with Crippen molar-refractivity contribution in [2.75, 3.05) is 39.9 Å². The van der Waals surface area contributed by atoms with Crippen LogP contribution in [0.4, 0.5) is 0 Å². The fraction of sp³-hybridized carbons (Fsp3) is 1.00. The molecule has 0 spiro atoms. The van der Waals surface area contributed by atoms with Gasteiger partial charge in [-0.05, 0) is 44.8 Å². The van der Waals surface area contributed by atoms with Crippen LogP contribution in [0.5, 0.6) is 0 Å². The molecule has 0 saturated carbocycles. The Labute approximate surface area is 87.6 Å². The van der Waals surface area contributed by atoms with Gasteiger partial charge in [0.1, 0.15) is 0 Å². The minimum absolute atomic E-state index is 0.470. The second kappa shape index (κ2) is 6.38. The summed E-state index contributed by atoms with van der Waals surface area (Å²) in [7, 11) is 2.00. The van der Waals surface area contributed by atoms with E-state index in [0.29, 0.717) is 5.41 Å². The zero-order valence-corrected chi connectivity index (χ0v) is 9.57. The van der Waals surface area contributed by atoms with Crippen LogP contribution in [0.1, 0.15) is 26.2 Å². The third-order valence-corrected chi connectivity index (χ3v) is 3.03. The summed E-state index contributed by atoms with van der Waals surface area (Å²) in [4.78, 5) is 0. The van der Waals surface area contributed by atoms with Gasteiger partial charge in [0.05, 0.1) is 0 Å². The molecule has 84 valence electrons. The van der Waals surface area contributed by atoms with Crippen molar-refractivity contribution < 1.29 is 4.74 Å². The highest BCUT2D eigenvalue weighted by Gasteiger charge is 2.26. The second-order valence-electron chi connectivity index (χ2n) is 4.56. The van der Waals surface area contributed by atoms with Crippen LogP contribution < -0.4 is 10.6 Å². The number of nitrogens with one attached hydrogen (secondary N) is 2. The molecule has 1 saturated heterocycles. The van der Waals surface area contributed by atoms with Crippen LogP contribution in [-0.4, -0.2) is 39.9 Å². The van der Waals surface area contributed by atoms with Crippen LogP contribution >= 0.6 is 0 Å². The molecule has 0 aromatic heterocycles. The molecule has 0 aliphatic carbocycles. The molecule has 0 amide bonds. The van der Waals surface area contributed by atoms with E-state index >= 15 is 0 Å². The molecule has 1 aliphatic rings. The predicted octanol–water partition coefficient (Wildman–Crippen LogP) is 1.00. The van der Waals surface area contributed by atoms with Gasteiger partial charge >= 0.3 is 0 Å². The van der Waals surface area contributed by atoms with Gasteiger partial charge < -0.3 is 15.4 Å². The maximum absolute atomic E-state index is 5.37. The summed E-state index contributed by atoms with van der Waals surface area (Å²) in [6.07, 6.45) is 3.61. The quantitative estimate of drug-likeness (QED) is 0.628. The van der Waals surface area contributed by atoms with E-state index in [4.69, 9.17) is 4.74 Å². The highest BCUT2D eigenvalue weighted by atomic mass is 16.5. The standard InChI is InChI=1S/C11H24N2O/c1-11(4-8-14-9-5-11)10-13-7-3-6-12-2/h12-13H,3-10H2,1-2H3. The van der Waals surface area contributed by atoms with E-state index in [0.717, 1.165) is 32.8 Å². The molecule has 0 bridgehead atoms. The van der Waals surface area contributed by atoms with E-state index in [1.807, 2.05) is 7.05 Å². The van der Waals surface area contributed by atoms with E-state index in [1.165, 1.54) is 19.3 Å². The van der Waals surface area contributed by atoms with Crippen LogP contribution in [0.3, 0.4) is 0 Å². The molecule has 1 rings (SSSR count). The Bertz CT molecular complexity index is 144. The second-order valence-corrected chi connectivity index (χ2v) is 4.56. The lowest BCUT2D eigenvalue weighted by Crippen LogP contribution is -2.37. The van der Waals surface area contributed by atoms with E-state index < -0.39 is 0 Å². The Morgan fingerprint density at radius 2 is 1.93 bits per heavy atom. The molecule has 2 N–H and O–H groups in total. The Morgan fingerprint density at radius 1 is 1.21 bits per heavy atom. The lowest BCUT2D eigenvalue weighted by molar-refractivity contribution is 0.0242. The molecule has 0 atom stereocenters. The minimum atomic E-state index is 0.470. The topological polar surface area (TPSA) is 33.3 Å².